The van der Waals surface area contributed by atoms with Crippen LogP contribution in [0.3, 0.4) is 0 Å². The fourth-order valence-electron chi connectivity index (χ4n) is 1.42. The summed E-state index contributed by atoms with van der Waals surface area (Å²) in [6.07, 6.45) is 4.67. The zero-order valence-electron chi connectivity index (χ0n) is 6.33. The standard InChI is InChI=1S/C8H12FNO/c1-2-3-10-5-7(9)4-8(10)6-11/h1,7-8,11H,3-6H2/t7-,8-/m0/s1. The molecule has 2 nitrogen and oxygen atoms in total. The number of hydrogen-bond acceptors (Lipinski definition) is 2. The Morgan fingerprint density at radius 1 is 1.73 bits per heavy atom. The van der Waals surface area contributed by atoms with Crippen molar-refractivity contribution in [2.24, 2.45) is 0 Å². The molecule has 0 saturated carbocycles. The normalized spacial score (nSPS) is 32.1. The van der Waals surface area contributed by atoms with Crippen LogP contribution in [0, 0.1) is 12.3 Å². The van der Waals surface area contributed by atoms with Gasteiger partial charge in [-0.1, -0.05) is 5.92 Å². The first-order chi connectivity index (χ1) is 5.27. The van der Waals surface area contributed by atoms with Gasteiger partial charge in [0.05, 0.1) is 13.2 Å². The molecule has 0 aliphatic carbocycles. The van der Waals surface area contributed by atoms with Gasteiger partial charge in [0.1, 0.15) is 6.17 Å². The van der Waals surface area contributed by atoms with Gasteiger partial charge in [0.2, 0.25) is 0 Å². The van der Waals surface area contributed by atoms with Crippen molar-refractivity contribution in [3.63, 3.8) is 0 Å². The van der Waals surface area contributed by atoms with Crippen molar-refractivity contribution in [3.8, 4) is 12.3 Å². The van der Waals surface area contributed by atoms with E-state index < -0.39 is 6.17 Å². The summed E-state index contributed by atoms with van der Waals surface area (Å²) >= 11 is 0. The molecule has 0 aromatic carbocycles. The van der Waals surface area contributed by atoms with Crippen molar-refractivity contribution in [2.75, 3.05) is 19.7 Å². The third-order valence-corrected chi connectivity index (χ3v) is 1.98. The summed E-state index contributed by atoms with van der Waals surface area (Å²) in [5.41, 5.74) is 0. The Bertz CT molecular complexity index is 166. The summed E-state index contributed by atoms with van der Waals surface area (Å²) in [5, 5.41) is 8.80. The number of aliphatic hydroxyl groups is 1. The molecule has 11 heavy (non-hydrogen) atoms. The quantitative estimate of drug-likeness (QED) is 0.571. The van der Waals surface area contributed by atoms with Crippen LogP contribution in [0.5, 0.6) is 0 Å². The van der Waals surface area contributed by atoms with Gasteiger partial charge in [-0.2, -0.15) is 0 Å². The molecular weight excluding hydrogens is 145 g/mol. The number of halogens is 1. The predicted molar refractivity (Wildman–Crippen MR) is 40.8 cm³/mol. The van der Waals surface area contributed by atoms with Crippen LogP contribution >= 0.6 is 0 Å². The van der Waals surface area contributed by atoms with E-state index in [1.54, 1.807) is 4.90 Å². The third-order valence-electron chi connectivity index (χ3n) is 1.98. The van der Waals surface area contributed by atoms with Crippen molar-refractivity contribution in [2.45, 2.75) is 18.6 Å². The van der Waals surface area contributed by atoms with Crippen molar-refractivity contribution in [1.29, 1.82) is 0 Å². The van der Waals surface area contributed by atoms with E-state index in [1.807, 2.05) is 0 Å². The van der Waals surface area contributed by atoms with Crippen LogP contribution in [0.1, 0.15) is 6.42 Å². The number of rotatable bonds is 2. The summed E-state index contributed by atoms with van der Waals surface area (Å²) in [6.45, 7) is 0.809. The second-order valence-corrected chi connectivity index (χ2v) is 2.80. The Labute approximate surface area is 66.0 Å². The SMILES string of the molecule is C#CCN1C[C@@H](F)C[C@H]1CO. The minimum absolute atomic E-state index is 0.00208. The minimum Gasteiger partial charge on any atom is -0.395 e. The Morgan fingerprint density at radius 3 is 3.00 bits per heavy atom. The van der Waals surface area contributed by atoms with E-state index in [1.165, 1.54) is 0 Å². The smallest absolute Gasteiger partial charge is 0.114 e. The minimum atomic E-state index is -0.819. The lowest BCUT2D eigenvalue weighted by Crippen LogP contribution is -2.32. The van der Waals surface area contributed by atoms with Crippen molar-refractivity contribution >= 4 is 0 Å². The molecule has 1 aliphatic heterocycles. The summed E-state index contributed by atoms with van der Waals surface area (Å²) in [4.78, 5) is 1.80. The first-order valence-electron chi connectivity index (χ1n) is 3.70. The van der Waals surface area contributed by atoms with E-state index in [9.17, 15) is 4.39 Å². The van der Waals surface area contributed by atoms with Gasteiger partial charge < -0.3 is 5.11 Å². The first kappa shape index (κ1) is 8.51. The fraction of sp³-hybridized carbons (Fsp3) is 0.750. The van der Waals surface area contributed by atoms with E-state index in [-0.39, 0.29) is 12.6 Å². The van der Waals surface area contributed by atoms with Gasteiger partial charge in [0.15, 0.2) is 0 Å². The lowest BCUT2D eigenvalue weighted by molar-refractivity contribution is 0.171. The summed E-state index contributed by atoms with van der Waals surface area (Å²) in [7, 11) is 0. The molecule has 1 N–H and O–H groups in total. The molecule has 0 radical (unpaired) electrons. The number of likely N-dealkylation sites (tertiary alicyclic amines) is 1. The molecule has 0 unspecified atom stereocenters. The number of alkyl halides is 1. The molecule has 1 fully saturated rings. The zero-order chi connectivity index (χ0) is 8.27. The maximum atomic E-state index is 12.7. The molecule has 0 bridgehead atoms. The van der Waals surface area contributed by atoms with E-state index >= 15 is 0 Å². The summed E-state index contributed by atoms with van der Waals surface area (Å²) in [5.74, 6) is 2.44. The van der Waals surface area contributed by atoms with E-state index in [2.05, 4.69) is 5.92 Å². The Morgan fingerprint density at radius 2 is 2.45 bits per heavy atom. The largest absolute Gasteiger partial charge is 0.395 e. The third kappa shape index (κ3) is 1.92. The van der Waals surface area contributed by atoms with Crippen LogP contribution in [0.25, 0.3) is 0 Å². The van der Waals surface area contributed by atoms with Gasteiger partial charge in [0.25, 0.3) is 0 Å². The van der Waals surface area contributed by atoms with Crippen LogP contribution in [0.2, 0.25) is 0 Å². The first-order valence-corrected chi connectivity index (χ1v) is 3.70. The highest BCUT2D eigenvalue weighted by atomic mass is 19.1. The Kier molecular flexibility index (Phi) is 2.86. The molecule has 1 heterocycles. The van der Waals surface area contributed by atoms with Gasteiger partial charge in [0, 0.05) is 12.6 Å². The van der Waals surface area contributed by atoms with E-state index in [4.69, 9.17) is 11.5 Å². The van der Waals surface area contributed by atoms with Crippen LogP contribution in [-0.4, -0.2) is 41.9 Å². The number of nitrogens with zero attached hydrogens (tertiary/aromatic N) is 1. The molecule has 0 aromatic heterocycles. The molecule has 0 amide bonds. The van der Waals surface area contributed by atoms with Gasteiger partial charge in [-0.05, 0) is 6.42 Å². The van der Waals surface area contributed by atoms with Crippen LogP contribution < -0.4 is 0 Å². The van der Waals surface area contributed by atoms with Crippen LogP contribution in [0.15, 0.2) is 0 Å². The second kappa shape index (κ2) is 3.70. The molecule has 0 aromatic rings. The number of hydrogen-bond donors (Lipinski definition) is 1. The Balaban J connectivity index is 2.45. The van der Waals surface area contributed by atoms with Crippen molar-refractivity contribution in [3.05, 3.63) is 0 Å². The highest BCUT2D eigenvalue weighted by molar-refractivity contribution is 4.94. The molecule has 1 saturated heterocycles. The summed E-state index contributed by atoms with van der Waals surface area (Å²) in [6, 6.07) is -0.0685. The molecule has 3 heteroatoms. The van der Waals surface area contributed by atoms with Crippen LogP contribution in [0.4, 0.5) is 4.39 Å². The lowest BCUT2D eigenvalue weighted by Gasteiger charge is -2.18. The highest BCUT2D eigenvalue weighted by Gasteiger charge is 2.30. The number of terminal acetylenes is 1. The molecule has 62 valence electrons. The monoisotopic (exact) mass is 157 g/mol. The fourth-order valence-corrected chi connectivity index (χ4v) is 1.42. The average molecular weight is 157 g/mol. The molecule has 1 aliphatic rings. The molecule has 1 rings (SSSR count). The predicted octanol–water partition coefficient (Wildman–Crippen LogP) is 0.0243. The lowest BCUT2D eigenvalue weighted by atomic mass is 10.2. The van der Waals surface area contributed by atoms with Gasteiger partial charge in [-0.15, -0.1) is 6.42 Å². The van der Waals surface area contributed by atoms with Gasteiger partial charge >= 0.3 is 0 Å². The summed E-state index contributed by atoms with van der Waals surface area (Å²) < 4.78 is 12.7. The second-order valence-electron chi connectivity index (χ2n) is 2.80. The molecule has 2 atom stereocenters. The Hall–Kier alpha value is -0.590. The van der Waals surface area contributed by atoms with Crippen LogP contribution in [-0.2, 0) is 0 Å². The highest BCUT2D eigenvalue weighted by Crippen LogP contribution is 2.18. The maximum absolute atomic E-state index is 12.7. The van der Waals surface area contributed by atoms with Crippen molar-refractivity contribution < 1.29 is 9.50 Å². The molecular formula is C8H12FNO. The van der Waals surface area contributed by atoms with Gasteiger partial charge in [-0.25, -0.2) is 4.39 Å². The van der Waals surface area contributed by atoms with E-state index in [0.29, 0.717) is 19.5 Å². The zero-order valence-corrected chi connectivity index (χ0v) is 6.33. The van der Waals surface area contributed by atoms with E-state index in [0.717, 1.165) is 0 Å². The maximum Gasteiger partial charge on any atom is 0.114 e. The average Bonchev–Trinajstić information content (AvgIpc) is 2.32. The molecule has 0 spiro atoms. The van der Waals surface area contributed by atoms with Gasteiger partial charge in [-0.3, -0.25) is 4.90 Å². The number of aliphatic hydroxyl groups excluding tert-OH is 1. The van der Waals surface area contributed by atoms with Crippen molar-refractivity contribution in [1.82, 2.24) is 4.90 Å². The topological polar surface area (TPSA) is 23.5 Å².